The molecule has 0 bridgehead atoms. The number of morpholine rings is 1. The molecule has 39 heavy (non-hydrogen) atoms. The number of hydrogen-bond acceptors (Lipinski definition) is 6. The quantitative estimate of drug-likeness (QED) is 0.441. The predicted molar refractivity (Wildman–Crippen MR) is 147 cm³/mol. The summed E-state index contributed by atoms with van der Waals surface area (Å²) >= 11 is 0. The van der Waals surface area contributed by atoms with E-state index in [0.29, 0.717) is 11.3 Å². The summed E-state index contributed by atoms with van der Waals surface area (Å²) in [5, 5.41) is 2.64. The average Bonchev–Trinajstić information content (AvgIpc) is 3.33. The number of anilines is 2. The molecule has 0 spiro atoms. The van der Waals surface area contributed by atoms with Crippen molar-refractivity contribution in [1.82, 2.24) is 10.3 Å². The minimum atomic E-state index is -0.550. The summed E-state index contributed by atoms with van der Waals surface area (Å²) in [6.07, 6.45) is 3.80. The van der Waals surface area contributed by atoms with Gasteiger partial charge < -0.3 is 19.7 Å². The van der Waals surface area contributed by atoms with Crippen LogP contribution in [0.3, 0.4) is 0 Å². The van der Waals surface area contributed by atoms with E-state index in [9.17, 15) is 9.59 Å². The van der Waals surface area contributed by atoms with Crippen molar-refractivity contribution >= 4 is 23.5 Å². The number of ether oxygens (including phenoxy) is 2. The van der Waals surface area contributed by atoms with Crippen molar-refractivity contribution in [3.05, 3.63) is 77.7 Å². The molecule has 2 saturated heterocycles. The van der Waals surface area contributed by atoms with Crippen molar-refractivity contribution in [3.8, 4) is 11.1 Å². The van der Waals surface area contributed by atoms with Crippen LogP contribution in [0, 0.1) is 5.82 Å². The van der Waals surface area contributed by atoms with E-state index in [1.54, 1.807) is 12.1 Å². The first kappa shape index (κ1) is 26.6. The molecule has 3 aromatic rings. The van der Waals surface area contributed by atoms with Crippen LogP contribution >= 0.6 is 0 Å². The Morgan fingerprint density at radius 2 is 1.79 bits per heavy atom. The summed E-state index contributed by atoms with van der Waals surface area (Å²) in [5.74, 6) is 0.397. The fourth-order valence-electron chi connectivity index (χ4n) is 4.89. The third-order valence-corrected chi connectivity index (χ3v) is 7.06. The van der Waals surface area contributed by atoms with Gasteiger partial charge >= 0.3 is 6.09 Å². The number of aryl methyl sites for hydroxylation is 2. The molecule has 0 saturated carbocycles. The Kier molecular flexibility index (Phi) is 8.36. The number of halogens is 1. The predicted octanol–water partition coefficient (Wildman–Crippen LogP) is 4.36. The number of carbonyl (C=O) groups excluding carboxylic acids is 2. The SMILES string of the molecule is CC(=O)NC[C@H]1CN(c2ccc(-c3ccc(CCCc4ccc(N5CCOCC5)nc4)cc3)c(F)c2)C(=O)O1. The zero-order valence-electron chi connectivity index (χ0n) is 22.1. The highest BCUT2D eigenvalue weighted by Gasteiger charge is 2.32. The van der Waals surface area contributed by atoms with Gasteiger partial charge in [-0.05, 0) is 60.2 Å². The summed E-state index contributed by atoms with van der Waals surface area (Å²) in [7, 11) is 0. The molecule has 0 aliphatic carbocycles. The highest BCUT2D eigenvalue weighted by atomic mass is 19.1. The molecular formula is C30H33FN4O4. The van der Waals surface area contributed by atoms with E-state index < -0.39 is 18.0 Å². The van der Waals surface area contributed by atoms with Gasteiger partial charge in [0.25, 0.3) is 0 Å². The lowest BCUT2D eigenvalue weighted by Gasteiger charge is -2.27. The normalized spacial score (nSPS) is 17.3. The van der Waals surface area contributed by atoms with Gasteiger partial charge in [-0.2, -0.15) is 0 Å². The van der Waals surface area contributed by atoms with Crippen molar-refractivity contribution in [2.45, 2.75) is 32.3 Å². The largest absolute Gasteiger partial charge is 0.442 e. The summed E-state index contributed by atoms with van der Waals surface area (Å²) in [4.78, 5) is 31.6. The fraction of sp³-hybridized carbons (Fsp3) is 0.367. The van der Waals surface area contributed by atoms with Gasteiger partial charge in [0.15, 0.2) is 0 Å². The molecule has 2 aromatic carbocycles. The van der Waals surface area contributed by atoms with Gasteiger partial charge in [-0.3, -0.25) is 9.69 Å². The van der Waals surface area contributed by atoms with Crippen molar-refractivity contribution in [1.29, 1.82) is 0 Å². The molecule has 3 heterocycles. The number of nitrogens with one attached hydrogen (secondary N) is 1. The molecular weight excluding hydrogens is 499 g/mol. The monoisotopic (exact) mass is 532 g/mol. The van der Waals surface area contributed by atoms with Crippen LogP contribution in [0.2, 0.25) is 0 Å². The first-order valence-electron chi connectivity index (χ1n) is 13.4. The number of pyridine rings is 1. The van der Waals surface area contributed by atoms with Crippen LogP contribution < -0.4 is 15.1 Å². The molecule has 2 amide bonds. The fourth-order valence-corrected chi connectivity index (χ4v) is 4.89. The number of carbonyl (C=O) groups is 2. The molecule has 9 heteroatoms. The standard InChI is InChI=1S/C30H33FN4O4/c1-21(36)32-19-26-20-35(30(37)39-26)25-10-11-27(28(31)17-25)24-8-5-22(6-9-24)3-2-4-23-7-12-29(33-18-23)34-13-15-38-16-14-34/h5-12,17-18,26H,2-4,13-16,19-20H2,1H3,(H,32,36)/t26-/m0/s1. The Labute approximate surface area is 227 Å². The van der Waals surface area contributed by atoms with E-state index in [2.05, 4.69) is 27.3 Å². The summed E-state index contributed by atoms with van der Waals surface area (Å²) in [6, 6.07) is 16.9. The van der Waals surface area contributed by atoms with Crippen LogP contribution in [-0.2, 0) is 27.1 Å². The lowest BCUT2D eigenvalue weighted by Crippen LogP contribution is -2.36. The zero-order chi connectivity index (χ0) is 27.2. The second kappa shape index (κ2) is 12.3. The Balaban J connectivity index is 1.14. The van der Waals surface area contributed by atoms with Gasteiger partial charge in [-0.1, -0.05) is 30.3 Å². The maximum Gasteiger partial charge on any atom is 0.414 e. The van der Waals surface area contributed by atoms with Gasteiger partial charge in [0.2, 0.25) is 5.91 Å². The summed E-state index contributed by atoms with van der Waals surface area (Å²) in [6.45, 7) is 5.13. The van der Waals surface area contributed by atoms with E-state index in [-0.39, 0.29) is 19.0 Å². The molecule has 204 valence electrons. The Bertz CT molecular complexity index is 1290. The van der Waals surface area contributed by atoms with Crippen LogP contribution in [0.25, 0.3) is 11.1 Å². The molecule has 1 aromatic heterocycles. The number of aromatic nitrogens is 1. The Morgan fingerprint density at radius 3 is 2.49 bits per heavy atom. The first-order valence-corrected chi connectivity index (χ1v) is 13.4. The highest BCUT2D eigenvalue weighted by molar-refractivity contribution is 5.90. The van der Waals surface area contributed by atoms with Gasteiger partial charge in [0.05, 0.1) is 32.0 Å². The molecule has 1 atom stereocenters. The molecule has 1 N–H and O–H groups in total. The molecule has 2 fully saturated rings. The van der Waals surface area contributed by atoms with E-state index in [1.165, 1.54) is 29.0 Å². The third-order valence-electron chi connectivity index (χ3n) is 7.06. The minimum absolute atomic E-state index is 0.197. The van der Waals surface area contributed by atoms with Gasteiger partial charge in [0.1, 0.15) is 17.7 Å². The van der Waals surface area contributed by atoms with Crippen molar-refractivity contribution in [2.75, 3.05) is 49.2 Å². The smallest absolute Gasteiger partial charge is 0.414 e. The molecule has 5 rings (SSSR count). The highest BCUT2D eigenvalue weighted by Crippen LogP contribution is 2.29. The van der Waals surface area contributed by atoms with Crippen molar-refractivity contribution in [2.24, 2.45) is 0 Å². The van der Waals surface area contributed by atoms with E-state index >= 15 is 4.39 Å². The van der Waals surface area contributed by atoms with Crippen LogP contribution in [0.5, 0.6) is 0 Å². The van der Waals surface area contributed by atoms with Crippen LogP contribution in [0.15, 0.2) is 60.8 Å². The number of hydrogen-bond donors (Lipinski definition) is 1. The Hall–Kier alpha value is -3.98. The summed E-state index contributed by atoms with van der Waals surface area (Å²) < 4.78 is 25.7. The second-order valence-corrected chi connectivity index (χ2v) is 9.89. The number of rotatable bonds is 9. The van der Waals surface area contributed by atoms with E-state index in [1.807, 2.05) is 30.5 Å². The number of cyclic esters (lactones) is 1. The Morgan fingerprint density at radius 1 is 1.05 bits per heavy atom. The van der Waals surface area contributed by atoms with Gasteiger partial charge in [-0.25, -0.2) is 14.2 Å². The van der Waals surface area contributed by atoms with Crippen molar-refractivity contribution < 1.29 is 23.5 Å². The number of amides is 2. The second-order valence-electron chi connectivity index (χ2n) is 9.89. The lowest BCUT2D eigenvalue weighted by molar-refractivity contribution is -0.119. The number of nitrogens with zero attached hydrogens (tertiary/aromatic N) is 3. The topological polar surface area (TPSA) is 84.0 Å². The summed E-state index contributed by atoms with van der Waals surface area (Å²) in [5.41, 5.74) is 4.08. The molecule has 2 aliphatic heterocycles. The van der Waals surface area contributed by atoms with Crippen LogP contribution in [0.4, 0.5) is 20.7 Å². The zero-order valence-corrected chi connectivity index (χ0v) is 22.1. The van der Waals surface area contributed by atoms with E-state index in [4.69, 9.17) is 9.47 Å². The molecule has 0 unspecified atom stereocenters. The van der Waals surface area contributed by atoms with Crippen LogP contribution in [-0.4, -0.2) is 62.5 Å². The maximum absolute atomic E-state index is 15.1. The molecule has 0 radical (unpaired) electrons. The third kappa shape index (κ3) is 6.72. The van der Waals surface area contributed by atoms with Gasteiger partial charge in [0, 0.05) is 31.8 Å². The maximum atomic E-state index is 15.1. The van der Waals surface area contributed by atoms with Crippen molar-refractivity contribution in [3.63, 3.8) is 0 Å². The van der Waals surface area contributed by atoms with Crippen LogP contribution in [0.1, 0.15) is 24.5 Å². The molecule has 2 aliphatic rings. The lowest BCUT2D eigenvalue weighted by atomic mass is 10.00. The molecule has 8 nitrogen and oxygen atoms in total. The minimum Gasteiger partial charge on any atom is -0.442 e. The van der Waals surface area contributed by atoms with Gasteiger partial charge in [-0.15, -0.1) is 0 Å². The van der Waals surface area contributed by atoms with E-state index in [0.717, 1.165) is 56.9 Å². The average molecular weight is 533 g/mol. The first-order chi connectivity index (χ1) is 19.0. The number of benzene rings is 2.